The van der Waals surface area contributed by atoms with Crippen LogP contribution in [0, 0.1) is 0 Å². The first-order chi connectivity index (χ1) is 12.7. The summed E-state index contributed by atoms with van der Waals surface area (Å²) in [7, 11) is 0. The molecule has 134 valence electrons. The van der Waals surface area contributed by atoms with E-state index >= 15 is 0 Å². The standard InChI is InChI=1S/C24H26O2/c1-5-13-25-23-19-11-9-10-12-20(19)24(26-14-6-2)22-16-18(8-4)17(7-3)15-21(22)23/h5-6,9-12,15-16H,1-2,7-8,13-14H2,3-4H3. The van der Waals surface area contributed by atoms with Gasteiger partial charge in [0, 0.05) is 21.5 Å². The number of hydrogen-bond donors (Lipinski definition) is 0. The summed E-state index contributed by atoms with van der Waals surface area (Å²) in [6.07, 6.45) is 5.55. The Labute approximate surface area is 155 Å². The molecule has 0 atom stereocenters. The molecule has 0 heterocycles. The van der Waals surface area contributed by atoms with E-state index in [9.17, 15) is 0 Å². The molecule has 0 fully saturated rings. The quantitative estimate of drug-likeness (QED) is 0.355. The third kappa shape index (κ3) is 3.20. The fraction of sp³-hybridized carbons (Fsp3) is 0.250. The minimum atomic E-state index is 0.475. The van der Waals surface area contributed by atoms with E-state index in [0.29, 0.717) is 13.2 Å². The third-order valence-electron chi connectivity index (χ3n) is 4.70. The second kappa shape index (κ2) is 8.09. The number of aryl methyl sites for hydroxylation is 2. The molecule has 0 aliphatic rings. The summed E-state index contributed by atoms with van der Waals surface area (Å²) in [4.78, 5) is 0. The normalized spacial score (nSPS) is 10.8. The van der Waals surface area contributed by atoms with Crippen LogP contribution >= 0.6 is 0 Å². The predicted octanol–water partition coefficient (Wildman–Crippen LogP) is 6.25. The van der Waals surface area contributed by atoms with Crippen LogP contribution in [0.25, 0.3) is 21.5 Å². The molecule has 0 N–H and O–H groups in total. The lowest BCUT2D eigenvalue weighted by Gasteiger charge is -2.19. The number of fused-ring (bicyclic) bond motifs is 2. The Morgan fingerprint density at radius 3 is 1.50 bits per heavy atom. The van der Waals surface area contributed by atoms with Gasteiger partial charge in [0.2, 0.25) is 0 Å². The lowest BCUT2D eigenvalue weighted by atomic mass is 9.94. The maximum absolute atomic E-state index is 6.12. The zero-order chi connectivity index (χ0) is 18.5. The van der Waals surface area contributed by atoms with E-state index in [1.807, 2.05) is 12.1 Å². The van der Waals surface area contributed by atoms with Crippen LogP contribution in [0.5, 0.6) is 11.5 Å². The summed E-state index contributed by atoms with van der Waals surface area (Å²) in [5.41, 5.74) is 2.71. The zero-order valence-corrected chi connectivity index (χ0v) is 15.7. The molecule has 0 aromatic heterocycles. The Balaban J connectivity index is 2.44. The van der Waals surface area contributed by atoms with E-state index in [-0.39, 0.29) is 0 Å². The molecule has 3 aromatic rings. The van der Waals surface area contributed by atoms with Gasteiger partial charge in [-0.05, 0) is 36.1 Å². The molecule has 3 aromatic carbocycles. The van der Waals surface area contributed by atoms with Crippen molar-refractivity contribution in [2.45, 2.75) is 26.7 Å². The Hall–Kier alpha value is -2.74. The lowest BCUT2D eigenvalue weighted by molar-refractivity contribution is 0.365. The third-order valence-corrected chi connectivity index (χ3v) is 4.70. The molecule has 0 saturated carbocycles. The number of hydrogen-bond acceptors (Lipinski definition) is 2. The van der Waals surface area contributed by atoms with Gasteiger partial charge in [0.25, 0.3) is 0 Å². The molecule has 0 spiro atoms. The molecule has 0 radical (unpaired) electrons. The fourth-order valence-corrected chi connectivity index (χ4v) is 3.49. The van der Waals surface area contributed by atoms with Crippen molar-refractivity contribution < 1.29 is 9.47 Å². The Morgan fingerprint density at radius 2 is 1.15 bits per heavy atom. The van der Waals surface area contributed by atoms with Gasteiger partial charge in [-0.25, -0.2) is 0 Å². The Bertz CT molecular complexity index is 875. The highest BCUT2D eigenvalue weighted by atomic mass is 16.5. The van der Waals surface area contributed by atoms with Crippen LogP contribution in [0.3, 0.4) is 0 Å². The molecule has 0 aliphatic carbocycles. The molecule has 0 aliphatic heterocycles. The van der Waals surface area contributed by atoms with Crippen molar-refractivity contribution in [1.29, 1.82) is 0 Å². The molecule has 2 nitrogen and oxygen atoms in total. The van der Waals surface area contributed by atoms with Crippen molar-refractivity contribution in [2.75, 3.05) is 13.2 Å². The summed E-state index contributed by atoms with van der Waals surface area (Å²) in [6, 6.07) is 12.8. The van der Waals surface area contributed by atoms with Crippen LogP contribution in [0.15, 0.2) is 61.7 Å². The SMILES string of the molecule is C=CCOc1c2ccccc2c(OCC=C)c2cc(CC)c(CC)cc12. The topological polar surface area (TPSA) is 18.5 Å². The number of ether oxygens (including phenoxy) is 2. The summed E-state index contributed by atoms with van der Waals surface area (Å²) in [5.74, 6) is 1.80. The Kier molecular flexibility index (Phi) is 5.62. The van der Waals surface area contributed by atoms with Gasteiger partial charge in [-0.15, -0.1) is 0 Å². The minimum Gasteiger partial charge on any atom is -0.488 e. The van der Waals surface area contributed by atoms with Crippen LogP contribution in [0.2, 0.25) is 0 Å². The summed E-state index contributed by atoms with van der Waals surface area (Å²) >= 11 is 0. The molecule has 3 rings (SSSR count). The average Bonchev–Trinajstić information content (AvgIpc) is 2.69. The van der Waals surface area contributed by atoms with E-state index in [0.717, 1.165) is 45.9 Å². The smallest absolute Gasteiger partial charge is 0.135 e. The zero-order valence-electron chi connectivity index (χ0n) is 15.7. The monoisotopic (exact) mass is 346 g/mol. The molecule has 0 unspecified atom stereocenters. The van der Waals surface area contributed by atoms with Crippen molar-refractivity contribution in [3.8, 4) is 11.5 Å². The molecule has 26 heavy (non-hydrogen) atoms. The minimum absolute atomic E-state index is 0.475. The number of benzene rings is 3. The first kappa shape index (κ1) is 18.1. The van der Waals surface area contributed by atoms with Crippen molar-refractivity contribution in [3.05, 3.63) is 72.8 Å². The summed E-state index contributed by atoms with van der Waals surface area (Å²) in [5, 5.41) is 4.32. The predicted molar refractivity (Wildman–Crippen MR) is 112 cm³/mol. The number of rotatable bonds is 8. The summed E-state index contributed by atoms with van der Waals surface area (Å²) < 4.78 is 12.2. The van der Waals surface area contributed by atoms with Crippen molar-refractivity contribution in [2.24, 2.45) is 0 Å². The van der Waals surface area contributed by atoms with E-state index in [4.69, 9.17) is 9.47 Å². The molecular formula is C24H26O2. The summed E-state index contributed by atoms with van der Waals surface area (Å²) in [6.45, 7) is 12.9. The van der Waals surface area contributed by atoms with Gasteiger partial charge >= 0.3 is 0 Å². The van der Waals surface area contributed by atoms with Crippen molar-refractivity contribution in [1.82, 2.24) is 0 Å². The second-order valence-corrected chi connectivity index (χ2v) is 6.28. The van der Waals surface area contributed by atoms with E-state index < -0.39 is 0 Å². The molecule has 2 heteroatoms. The van der Waals surface area contributed by atoms with E-state index in [1.54, 1.807) is 12.2 Å². The van der Waals surface area contributed by atoms with Gasteiger partial charge in [0.15, 0.2) is 0 Å². The highest BCUT2D eigenvalue weighted by Gasteiger charge is 2.17. The van der Waals surface area contributed by atoms with Crippen LogP contribution in [-0.4, -0.2) is 13.2 Å². The molecular weight excluding hydrogens is 320 g/mol. The van der Waals surface area contributed by atoms with Crippen LogP contribution in [0.4, 0.5) is 0 Å². The highest BCUT2D eigenvalue weighted by molar-refractivity contribution is 6.11. The molecule has 0 saturated heterocycles. The van der Waals surface area contributed by atoms with E-state index in [1.165, 1.54) is 11.1 Å². The van der Waals surface area contributed by atoms with Crippen LogP contribution in [-0.2, 0) is 12.8 Å². The van der Waals surface area contributed by atoms with Gasteiger partial charge < -0.3 is 9.47 Å². The van der Waals surface area contributed by atoms with Crippen molar-refractivity contribution >= 4 is 21.5 Å². The largest absolute Gasteiger partial charge is 0.488 e. The van der Waals surface area contributed by atoms with Gasteiger partial charge in [-0.3, -0.25) is 0 Å². The molecule has 0 bridgehead atoms. The maximum atomic E-state index is 6.12. The first-order valence-corrected chi connectivity index (χ1v) is 9.22. The molecule has 0 amide bonds. The second-order valence-electron chi connectivity index (χ2n) is 6.28. The average molecular weight is 346 g/mol. The van der Waals surface area contributed by atoms with Crippen LogP contribution in [0.1, 0.15) is 25.0 Å². The van der Waals surface area contributed by atoms with E-state index in [2.05, 4.69) is 51.3 Å². The van der Waals surface area contributed by atoms with Gasteiger partial charge in [-0.1, -0.05) is 63.4 Å². The maximum Gasteiger partial charge on any atom is 0.135 e. The van der Waals surface area contributed by atoms with Crippen LogP contribution < -0.4 is 9.47 Å². The Morgan fingerprint density at radius 1 is 0.731 bits per heavy atom. The van der Waals surface area contributed by atoms with Gasteiger partial charge in [0.1, 0.15) is 24.7 Å². The first-order valence-electron chi connectivity index (χ1n) is 9.22. The lowest BCUT2D eigenvalue weighted by Crippen LogP contribution is -2.01. The van der Waals surface area contributed by atoms with Gasteiger partial charge in [-0.2, -0.15) is 0 Å². The highest BCUT2D eigenvalue weighted by Crippen LogP contribution is 2.44. The van der Waals surface area contributed by atoms with Gasteiger partial charge in [0.05, 0.1) is 0 Å². The van der Waals surface area contributed by atoms with Crippen molar-refractivity contribution in [3.63, 3.8) is 0 Å². The fourth-order valence-electron chi connectivity index (χ4n) is 3.49.